The molecule has 21 aromatic carbocycles. The smallest absolute Gasteiger partial charge is 0.0543 e. The van der Waals surface area contributed by atoms with Gasteiger partial charge in [-0.05, 0) is 275 Å². The van der Waals surface area contributed by atoms with Gasteiger partial charge in [-0.2, -0.15) is 0 Å². The van der Waals surface area contributed by atoms with Crippen LogP contribution in [0.5, 0.6) is 0 Å². The molecule has 0 saturated heterocycles. The van der Waals surface area contributed by atoms with Crippen LogP contribution in [-0.2, 0) is 21.1 Å². The summed E-state index contributed by atoms with van der Waals surface area (Å²) in [6.07, 6.45) is 0. The van der Waals surface area contributed by atoms with E-state index in [0.717, 1.165) is 0 Å². The van der Waals surface area contributed by atoms with Crippen LogP contribution in [0.4, 0.5) is 0 Å². The molecular formula is C136H111N7. The molecule has 0 fully saturated rings. The van der Waals surface area contributed by atoms with E-state index >= 15 is 0 Å². The quantitative estimate of drug-likeness (QED) is 0.152. The summed E-state index contributed by atoms with van der Waals surface area (Å²) in [6.45, 7) is 15.1. The van der Waals surface area contributed by atoms with E-state index in [4.69, 9.17) is 0 Å². The van der Waals surface area contributed by atoms with Crippen LogP contribution < -0.4 is 0 Å². The van der Waals surface area contributed by atoms with Gasteiger partial charge in [0.15, 0.2) is 0 Å². The predicted molar refractivity (Wildman–Crippen MR) is 614 cm³/mol. The van der Waals surface area contributed by atoms with E-state index in [9.17, 15) is 0 Å². The lowest BCUT2D eigenvalue weighted by Gasteiger charge is -2.08. The molecule has 28 rings (SSSR count). The monoisotopic (exact) mass is 1840 g/mol. The summed E-state index contributed by atoms with van der Waals surface area (Å²) < 4.78 is 16.2. The van der Waals surface area contributed by atoms with Crippen LogP contribution in [0.1, 0.15) is 38.9 Å². The zero-order valence-corrected chi connectivity index (χ0v) is 82.4. The molecule has 0 bridgehead atoms. The van der Waals surface area contributed by atoms with Crippen LogP contribution in [0.15, 0.2) is 491 Å². The van der Waals surface area contributed by atoms with Crippen molar-refractivity contribution in [3.8, 4) is 56.1 Å². The number of rotatable bonds is 7. The SMILES string of the molecule is Cc1ccc2c(c1)c1cc(-c3ccccc3)ccc1n2-c1ccccc1.Cc1ccc2c(c1)c1cc(C)ccc1n2-c1ccccc1.Cc1ccc2c(c1)c1cc(C)ccc1n2C.Cc1ccc2c(c1)c1ccccc1n2-c1ccccc1.Cc1ccc2c3ccccc3n(-c3ccccc3)c2c1.Cn1c2ccc(-c3ccccc3)cc2c2cc(-c3ccccc3)ccc21.Cn1c2ccccc2c2ccccc21. The lowest BCUT2D eigenvalue weighted by molar-refractivity contribution is 1.01. The molecule has 0 aliphatic carbocycles. The number of aromatic nitrogens is 7. The Kier molecular flexibility index (Phi) is 24.8. The molecule has 7 heterocycles. The normalized spacial score (nSPS) is 11.3. The van der Waals surface area contributed by atoms with E-state index in [0.29, 0.717) is 0 Å². The van der Waals surface area contributed by atoms with Crippen LogP contribution in [0.2, 0.25) is 0 Å². The Morgan fingerprint density at radius 2 is 0.280 bits per heavy atom. The summed E-state index contributed by atoms with van der Waals surface area (Å²) in [6, 6.07) is 175. The number of nitrogens with zero attached hydrogens (tertiary/aromatic N) is 7. The van der Waals surface area contributed by atoms with Crippen molar-refractivity contribution < 1.29 is 0 Å². The zero-order valence-electron chi connectivity index (χ0n) is 82.4. The summed E-state index contributed by atoms with van der Waals surface area (Å²) in [7, 11) is 6.40. The largest absolute Gasteiger partial charge is 0.344 e. The fourth-order valence-corrected chi connectivity index (χ4v) is 21.2. The third-order valence-electron chi connectivity index (χ3n) is 28.2. The number of benzene rings is 21. The second kappa shape index (κ2) is 39.2. The lowest BCUT2D eigenvalue weighted by Crippen LogP contribution is -1.93. The van der Waals surface area contributed by atoms with E-state index in [1.54, 1.807) is 0 Å². The Bertz CT molecular complexity index is 9270. The van der Waals surface area contributed by atoms with E-state index in [2.05, 4.69) is 593 Å². The molecule has 0 amide bonds. The zero-order chi connectivity index (χ0) is 97.3. The van der Waals surface area contributed by atoms with Gasteiger partial charge in [0.2, 0.25) is 0 Å². The topological polar surface area (TPSA) is 34.5 Å². The van der Waals surface area contributed by atoms with E-state index in [-0.39, 0.29) is 0 Å². The summed E-state index contributed by atoms with van der Waals surface area (Å²) in [5, 5.41) is 18.5. The molecule has 0 saturated carbocycles. The Morgan fingerprint density at radius 1 is 0.112 bits per heavy atom. The van der Waals surface area contributed by atoms with Crippen LogP contribution >= 0.6 is 0 Å². The third-order valence-corrected chi connectivity index (χ3v) is 28.2. The minimum Gasteiger partial charge on any atom is -0.344 e. The molecule has 0 aliphatic heterocycles. The van der Waals surface area contributed by atoms with Gasteiger partial charge in [0.05, 0.1) is 44.1 Å². The molecule has 0 aliphatic rings. The molecule has 0 spiro atoms. The molecule has 690 valence electrons. The van der Waals surface area contributed by atoms with E-state index in [1.807, 2.05) is 0 Å². The van der Waals surface area contributed by atoms with E-state index in [1.165, 1.54) is 248 Å². The van der Waals surface area contributed by atoms with Crippen molar-refractivity contribution in [1.82, 2.24) is 32.0 Å². The van der Waals surface area contributed by atoms with Gasteiger partial charge in [-0.3, -0.25) is 0 Å². The molecular weight excluding hydrogens is 1730 g/mol. The van der Waals surface area contributed by atoms with Gasteiger partial charge in [-0.1, -0.05) is 337 Å². The highest BCUT2D eigenvalue weighted by atomic mass is 15.0. The van der Waals surface area contributed by atoms with Gasteiger partial charge in [-0.15, -0.1) is 0 Å². The van der Waals surface area contributed by atoms with Crippen molar-refractivity contribution in [3.05, 3.63) is 530 Å². The van der Waals surface area contributed by atoms with Crippen LogP contribution in [-0.4, -0.2) is 32.0 Å². The van der Waals surface area contributed by atoms with Gasteiger partial charge >= 0.3 is 0 Å². The summed E-state index contributed by atoms with van der Waals surface area (Å²) in [5.74, 6) is 0. The third kappa shape index (κ3) is 17.7. The van der Waals surface area contributed by atoms with E-state index < -0.39 is 0 Å². The number of para-hydroxylation sites is 8. The minimum atomic E-state index is 1.20. The lowest BCUT2D eigenvalue weighted by atomic mass is 10.0. The molecule has 0 N–H and O–H groups in total. The molecule has 0 radical (unpaired) electrons. The molecule has 7 aromatic heterocycles. The van der Waals surface area contributed by atoms with Gasteiger partial charge in [0.1, 0.15) is 0 Å². The van der Waals surface area contributed by atoms with Crippen molar-refractivity contribution in [2.45, 2.75) is 48.5 Å². The summed E-state index contributed by atoms with van der Waals surface area (Å²) in [5.41, 5.74) is 39.4. The number of aryl methyl sites for hydroxylation is 10. The first-order chi connectivity index (χ1) is 70.1. The number of fused-ring (bicyclic) bond motifs is 21. The van der Waals surface area contributed by atoms with Gasteiger partial charge in [-0.25, -0.2) is 0 Å². The molecule has 143 heavy (non-hydrogen) atoms. The fourth-order valence-electron chi connectivity index (χ4n) is 21.2. The average molecular weight is 1840 g/mol. The number of hydrogen-bond donors (Lipinski definition) is 0. The van der Waals surface area contributed by atoms with Gasteiger partial charge < -0.3 is 32.0 Å². The molecule has 0 unspecified atom stereocenters. The first-order valence-corrected chi connectivity index (χ1v) is 49.4. The van der Waals surface area contributed by atoms with Crippen molar-refractivity contribution in [2.24, 2.45) is 21.1 Å². The Morgan fingerprint density at radius 3 is 0.580 bits per heavy atom. The van der Waals surface area contributed by atoms with Crippen molar-refractivity contribution in [3.63, 3.8) is 0 Å². The summed E-state index contributed by atoms with van der Waals surface area (Å²) in [4.78, 5) is 0. The predicted octanol–water partition coefficient (Wildman–Crippen LogP) is 36.3. The fraction of sp³-hybridized carbons (Fsp3) is 0.0735. The molecule has 28 aromatic rings. The van der Waals surface area contributed by atoms with Crippen LogP contribution in [0, 0.1) is 48.5 Å². The van der Waals surface area contributed by atoms with Gasteiger partial charge in [0.25, 0.3) is 0 Å². The minimum absolute atomic E-state index is 1.20. The second-order valence-electron chi connectivity index (χ2n) is 37.9. The van der Waals surface area contributed by atoms with Crippen molar-refractivity contribution in [2.75, 3.05) is 0 Å². The highest BCUT2D eigenvalue weighted by molar-refractivity contribution is 6.16. The Balaban J connectivity index is 0.0000000962. The summed E-state index contributed by atoms with van der Waals surface area (Å²) >= 11 is 0. The second-order valence-corrected chi connectivity index (χ2v) is 37.9. The number of hydrogen-bond acceptors (Lipinski definition) is 0. The van der Waals surface area contributed by atoms with Crippen molar-refractivity contribution in [1.29, 1.82) is 0 Å². The molecule has 0 atom stereocenters. The maximum atomic E-state index is 2.36. The molecule has 7 nitrogen and oxygen atoms in total. The van der Waals surface area contributed by atoms with Crippen LogP contribution in [0.25, 0.3) is 209 Å². The highest BCUT2D eigenvalue weighted by Gasteiger charge is 2.20. The Labute approximate surface area is 834 Å². The van der Waals surface area contributed by atoms with Crippen molar-refractivity contribution >= 4 is 153 Å². The first kappa shape index (κ1) is 90.4. The highest BCUT2D eigenvalue weighted by Crippen LogP contribution is 2.42. The molecule has 7 heteroatoms. The average Bonchev–Trinajstić information content (AvgIpc) is 1.58. The standard InChI is InChI=1S/2C25H19N.C20H17N.2C19H15N.C15H15N.C13H11N/c1-26-24-14-12-20(18-8-4-2-5-9-18)16-22(24)23-17-21(13-15-25(23)26)19-10-6-3-7-11-19;1-18-12-14-24-22(16-18)23-17-20(19-8-4-2-5-9-19)13-15-25(23)26(24)21-10-6-3-7-11-21;1-14-8-10-19-17(12-14)18-13-15(2)9-11-20(18)21(19)16-6-4-3-5-7-16;1-14-11-12-19-17(13-14)16-9-5-6-10-18(16)20(19)15-7-3-2-4-8-15;1-14-11-12-17-16-9-5-6-10-18(16)20(19(17)13-14)15-7-3-2-4-8-15;1-10-4-6-14-12(8-10)13-9-11(2)5-7-15(13)16(14)3;1-14-12-8-4-2-6-10(12)11-7-3-5-9-13(11)14/h2*2-17H,1H3;3-13H,1-2H3;2*2-13H,1H3;4-9H,1-3H3;2-9H,1H3. The van der Waals surface area contributed by atoms with Crippen LogP contribution in [0.3, 0.4) is 0 Å². The van der Waals surface area contributed by atoms with Gasteiger partial charge in [0, 0.05) is 152 Å². The first-order valence-electron chi connectivity index (χ1n) is 49.4. The maximum Gasteiger partial charge on any atom is 0.0543 e. The maximum absolute atomic E-state index is 2.36. The Hall–Kier alpha value is -17.8.